The molecular weight excluding hydrogens is 234 g/mol. The molecule has 1 aliphatic carbocycles. The van der Waals surface area contributed by atoms with Crippen LogP contribution in [0.4, 0.5) is 0 Å². The van der Waals surface area contributed by atoms with E-state index in [4.69, 9.17) is 4.74 Å². The minimum atomic E-state index is 0.279. The van der Waals surface area contributed by atoms with Gasteiger partial charge in [-0.2, -0.15) is 0 Å². The molecule has 0 radical (unpaired) electrons. The van der Waals surface area contributed by atoms with E-state index >= 15 is 0 Å². The quantitative estimate of drug-likeness (QED) is 0.844. The Morgan fingerprint density at radius 2 is 2.00 bits per heavy atom. The maximum Gasteiger partial charge on any atom is 0.122 e. The van der Waals surface area contributed by atoms with E-state index in [0.717, 1.165) is 24.8 Å². The van der Waals surface area contributed by atoms with Crippen molar-refractivity contribution in [2.24, 2.45) is 11.8 Å². The monoisotopic (exact) mass is 261 g/mol. The lowest BCUT2D eigenvalue weighted by molar-refractivity contribution is 0.147. The third-order valence-corrected chi connectivity index (χ3v) is 4.17. The summed E-state index contributed by atoms with van der Waals surface area (Å²) < 4.78 is 5.56. The smallest absolute Gasteiger partial charge is 0.122 e. The van der Waals surface area contributed by atoms with Crippen LogP contribution in [-0.4, -0.2) is 20.2 Å². The third kappa shape index (κ3) is 3.11. The summed E-state index contributed by atoms with van der Waals surface area (Å²) in [6, 6.07) is 8.51. The normalized spacial score (nSPS) is 26.3. The van der Waals surface area contributed by atoms with Crippen molar-refractivity contribution in [3.8, 4) is 5.75 Å². The average Bonchev–Trinajstić information content (AvgIpc) is 2.35. The topological polar surface area (TPSA) is 21.3 Å². The van der Waals surface area contributed by atoms with E-state index < -0.39 is 0 Å². The fourth-order valence-electron chi connectivity index (χ4n) is 3.42. The lowest BCUT2D eigenvalue weighted by atomic mass is 9.59. The van der Waals surface area contributed by atoms with E-state index in [1.165, 1.54) is 18.4 Å². The van der Waals surface area contributed by atoms with Crippen molar-refractivity contribution in [3.63, 3.8) is 0 Å². The van der Waals surface area contributed by atoms with Gasteiger partial charge in [0.2, 0.25) is 0 Å². The van der Waals surface area contributed by atoms with Crippen molar-refractivity contribution < 1.29 is 4.74 Å². The SMILES string of the molecule is COc1ccccc1C1(CNCC(C)C)CC(C)C1. The molecule has 106 valence electrons. The fourth-order valence-corrected chi connectivity index (χ4v) is 3.42. The molecule has 0 bridgehead atoms. The van der Waals surface area contributed by atoms with Gasteiger partial charge in [-0.3, -0.25) is 0 Å². The summed E-state index contributed by atoms with van der Waals surface area (Å²) in [5.41, 5.74) is 1.66. The van der Waals surface area contributed by atoms with Crippen molar-refractivity contribution in [1.82, 2.24) is 5.32 Å². The van der Waals surface area contributed by atoms with E-state index in [-0.39, 0.29) is 5.41 Å². The molecule has 1 fully saturated rings. The molecule has 0 atom stereocenters. The molecule has 1 N–H and O–H groups in total. The van der Waals surface area contributed by atoms with Crippen LogP contribution in [0.5, 0.6) is 5.75 Å². The van der Waals surface area contributed by atoms with Gasteiger partial charge in [-0.15, -0.1) is 0 Å². The predicted molar refractivity (Wildman–Crippen MR) is 80.8 cm³/mol. The Morgan fingerprint density at radius 3 is 2.58 bits per heavy atom. The van der Waals surface area contributed by atoms with Gasteiger partial charge in [-0.25, -0.2) is 0 Å². The van der Waals surface area contributed by atoms with E-state index in [0.29, 0.717) is 5.92 Å². The molecule has 0 aromatic heterocycles. The van der Waals surface area contributed by atoms with Gasteiger partial charge >= 0.3 is 0 Å². The highest BCUT2D eigenvalue weighted by molar-refractivity contribution is 5.42. The average molecular weight is 261 g/mol. The van der Waals surface area contributed by atoms with Crippen molar-refractivity contribution in [3.05, 3.63) is 29.8 Å². The molecule has 0 aliphatic heterocycles. The Balaban J connectivity index is 2.15. The number of ether oxygens (including phenoxy) is 1. The first-order chi connectivity index (χ1) is 9.07. The first kappa shape index (κ1) is 14.4. The molecular formula is C17H27NO. The number of para-hydroxylation sites is 1. The molecule has 1 aromatic rings. The molecule has 1 aromatic carbocycles. The van der Waals surface area contributed by atoms with Gasteiger partial charge in [0.25, 0.3) is 0 Å². The van der Waals surface area contributed by atoms with E-state index in [9.17, 15) is 0 Å². The van der Waals surface area contributed by atoms with E-state index in [2.05, 4.69) is 50.4 Å². The van der Waals surface area contributed by atoms with Gasteiger partial charge in [-0.1, -0.05) is 39.0 Å². The molecule has 1 aliphatic rings. The highest BCUT2D eigenvalue weighted by Gasteiger charge is 2.44. The highest BCUT2D eigenvalue weighted by atomic mass is 16.5. The molecule has 2 heteroatoms. The lowest BCUT2D eigenvalue weighted by Gasteiger charge is -2.48. The molecule has 0 unspecified atom stereocenters. The number of hydrogen-bond acceptors (Lipinski definition) is 2. The summed E-state index contributed by atoms with van der Waals surface area (Å²) in [5, 5.41) is 3.64. The molecule has 0 spiro atoms. The lowest BCUT2D eigenvalue weighted by Crippen LogP contribution is -2.48. The number of hydrogen-bond donors (Lipinski definition) is 1. The molecule has 1 saturated carbocycles. The van der Waals surface area contributed by atoms with Crippen LogP contribution in [0.1, 0.15) is 39.2 Å². The Hall–Kier alpha value is -1.02. The second-order valence-electron chi connectivity index (χ2n) is 6.52. The molecule has 0 saturated heterocycles. The number of nitrogens with one attached hydrogen (secondary N) is 1. The van der Waals surface area contributed by atoms with Crippen LogP contribution in [0.25, 0.3) is 0 Å². The molecule has 19 heavy (non-hydrogen) atoms. The molecule has 2 rings (SSSR count). The minimum Gasteiger partial charge on any atom is -0.496 e. The fraction of sp³-hybridized carbons (Fsp3) is 0.647. The summed E-state index contributed by atoms with van der Waals surface area (Å²) in [6.45, 7) is 9.01. The van der Waals surface area contributed by atoms with Crippen LogP contribution in [0, 0.1) is 11.8 Å². The Kier molecular flexibility index (Phi) is 4.51. The van der Waals surface area contributed by atoms with Crippen molar-refractivity contribution in [2.75, 3.05) is 20.2 Å². The maximum absolute atomic E-state index is 5.56. The van der Waals surface area contributed by atoms with Crippen LogP contribution < -0.4 is 10.1 Å². The number of methoxy groups -OCH3 is 1. The summed E-state index contributed by atoms with van der Waals surface area (Å²) >= 11 is 0. The second kappa shape index (κ2) is 5.96. The van der Waals surface area contributed by atoms with Crippen LogP contribution in [-0.2, 0) is 5.41 Å². The summed E-state index contributed by atoms with van der Waals surface area (Å²) in [7, 11) is 1.77. The van der Waals surface area contributed by atoms with Gasteiger partial charge < -0.3 is 10.1 Å². The van der Waals surface area contributed by atoms with Gasteiger partial charge in [-0.05, 0) is 37.3 Å². The molecule has 0 amide bonds. The molecule has 0 heterocycles. The Morgan fingerprint density at radius 1 is 1.32 bits per heavy atom. The molecule has 2 nitrogen and oxygen atoms in total. The van der Waals surface area contributed by atoms with E-state index in [1.54, 1.807) is 7.11 Å². The summed E-state index contributed by atoms with van der Waals surface area (Å²) in [6.07, 6.45) is 2.52. The van der Waals surface area contributed by atoms with Gasteiger partial charge in [0.1, 0.15) is 5.75 Å². The number of benzene rings is 1. The Labute approximate surface area is 117 Å². The third-order valence-electron chi connectivity index (χ3n) is 4.17. The van der Waals surface area contributed by atoms with Crippen LogP contribution >= 0.6 is 0 Å². The summed E-state index contributed by atoms with van der Waals surface area (Å²) in [4.78, 5) is 0. The maximum atomic E-state index is 5.56. The van der Waals surface area contributed by atoms with Gasteiger partial charge in [0.15, 0.2) is 0 Å². The van der Waals surface area contributed by atoms with Crippen LogP contribution in [0.3, 0.4) is 0 Å². The zero-order chi connectivity index (χ0) is 13.9. The second-order valence-corrected chi connectivity index (χ2v) is 6.52. The Bertz CT molecular complexity index is 407. The zero-order valence-electron chi connectivity index (χ0n) is 12.7. The first-order valence-corrected chi connectivity index (χ1v) is 7.41. The summed E-state index contributed by atoms with van der Waals surface area (Å²) in [5.74, 6) is 2.57. The van der Waals surface area contributed by atoms with Crippen molar-refractivity contribution in [1.29, 1.82) is 0 Å². The number of rotatable bonds is 6. The minimum absolute atomic E-state index is 0.279. The van der Waals surface area contributed by atoms with Crippen molar-refractivity contribution >= 4 is 0 Å². The largest absolute Gasteiger partial charge is 0.496 e. The standard InChI is InChI=1S/C17H27NO/c1-13(2)11-18-12-17(9-14(3)10-17)15-7-5-6-8-16(15)19-4/h5-8,13-14,18H,9-12H2,1-4H3. The first-order valence-electron chi connectivity index (χ1n) is 7.41. The predicted octanol–water partition coefficient (Wildman–Crippen LogP) is 3.61. The van der Waals surface area contributed by atoms with Crippen molar-refractivity contribution in [2.45, 2.75) is 39.0 Å². The zero-order valence-corrected chi connectivity index (χ0v) is 12.7. The van der Waals surface area contributed by atoms with E-state index in [1.807, 2.05) is 0 Å². The van der Waals surface area contributed by atoms with Crippen LogP contribution in [0.15, 0.2) is 24.3 Å². The highest BCUT2D eigenvalue weighted by Crippen LogP contribution is 2.49. The van der Waals surface area contributed by atoms with Gasteiger partial charge in [0, 0.05) is 17.5 Å². The van der Waals surface area contributed by atoms with Gasteiger partial charge in [0.05, 0.1) is 7.11 Å². The van der Waals surface area contributed by atoms with Crippen LogP contribution in [0.2, 0.25) is 0 Å².